The normalized spacial score (nSPS) is 9.71. The van der Waals surface area contributed by atoms with Crippen LogP contribution in [0.3, 0.4) is 0 Å². The molecule has 0 aliphatic heterocycles. The highest BCUT2D eigenvalue weighted by Crippen LogP contribution is 2.03. The smallest absolute Gasteiger partial charge is 0.134 e. The van der Waals surface area contributed by atoms with E-state index in [-0.39, 0.29) is 0 Å². The Labute approximate surface area is 83.6 Å². The van der Waals surface area contributed by atoms with Crippen LogP contribution in [0.15, 0.2) is 48.7 Å². The number of nitrogens with zero attached hydrogens (tertiary/aromatic N) is 1. The topological polar surface area (TPSA) is 24.9 Å². The van der Waals surface area contributed by atoms with Gasteiger partial charge in [-0.2, -0.15) is 0 Å². The average molecular weight is 183 g/mol. The number of rotatable bonds is 3. The van der Waals surface area contributed by atoms with Crippen molar-refractivity contribution in [2.24, 2.45) is 0 Å². The van der Waals surface area contributed by atoms with Crippen LogP contribution in [0.1, 0.15) is 5.56 Å². The second kappa shape index (κ2) is 4.42. The highest BCUT2D eigenvalue weighted by atomic mass is 15.0. The number of hydrogen-bond acceptors (Lipinski definition) is 2. The van der Waals surface area contributed by atoms with Crippen LogP contribution < -0.4 is 5.32 Å². The highest BCUT2D eigenvalue weighted by molar-refractivity contribution is 5.33. The Morgan fingerprint density at radius 1 is 1.14 bits per heavy atom. The van der Waals surface area contributed by atoms with E-state index in [0.29, 0.717) is 0 Å². The molecule has 1 aromatic carbocycles. The monoisotopic (exact) mass is 183 g/mol. The van der Waals surface area contributed by atoms with Gasteiger partial charge >= 0.3 is 0 Å². The molecule has 2 heteroatoms. The van der Waals surface area contributed by atoms with Gasteiger partial charge in [0.05, 0.1) is 0 Å². The number of hydrogen-bond donors (Lipinski definition) is 1. The summed E-state index contributed by atoms with van der Waals surface area (Å²) >= 11 is 0. The predicted octanol–water partition coefficient (Wildman–Crippen LogP) is 2.49. The van der Waals surface area contributed by atoms with E-state index in [1.807, 2.05) is 30.3 Å². The first-order valence-electron chi connectivity index (χ1n) is 4.55. The zero-order chi connectivity index (χ0) is 9.64. The van der Waals surface area contributed by atoms with E-state index in [9.17, 15) is 0 Å². The summed E-state index contributed by atoms with van der Waals surface area (Å²) in [5, 5.41) is 3.19. The average Bonchev–Trinajstić information content (AvgIpc) is 2.29. The Kier molecular flexibility index (Phi) is 2.76. The van der Waals surface area contributed by atoms with E-state index in [1.54, 1.807) is 6.20 Å². The SMILES string of the molecule is [c]1cccnc1NCc1ccccc1. The maximum absolute atomic E-state index is 4.13. The van der Waals surface area contributed by atoms with E-state index < -0.39 is 0 Å². The standard InChI is InChI=1S/C12H11N2/c1-2-6-11(7-3-1)10-14-12-8-4-5-9-13-12/h1-7,9H,10H2,(H,13,14). The molecule has 0 aliphatic rings. The Hall–Kier alpha value is -1.83. The molecule has 1 heterocycles. The van der Waals surface area contributed by atoms with Crippen molar-refractivity contribution < 1.29 is 0 Å². The molecule has 0 spiro atoms. The fourth-order valence-electron chi connectivity index (χ4n) is 1.20. The number of pyridine rings is 1. The van der Waals surface area contributed by atoms with E-state index in [4.69, 9.17) is 0 Å². The largest absolute Gasteiger partial charge is 0.365 e. The summed E-state index contributed by atoms with van der Waals surface area (Å²) in [7, 11) is 0. The zero-order valence-corrected chi connectivity index (χ0v) is 7.77. The number of aromatic nitrogens is 1. The molecule has 0 amide bonds. The lowest BCUT2D eigenvalue weighted by Crippen LogP contribution is -2.00. The van der Waals surface area contributed by atoms with Crippen LogP contribution in [-0.2, 0) is 6.54 Å². The van der Waals surface area contributed by atoms with E-state index in [2.05, 4.69) is 28.5 Å². The molecule has 69 valence electrons. The van der Waals surface area contributed by atoms with Gasteiger partial charge in [0.1, 0.15) is 5.82 Å². The summed E-state index contributed by atoms with van der Waals surface area (Å²) in [5.74, 6) is 0.788. The van der Waals surface area contributed by atoms with Crippen LogP contribution in [-0.4, -0.2) is 4.98 Å². The van der Waals surface area contributed by atoms with Crippen molar-refractivity contribution in [3.05, 3.63) is 60.3 Å². The van der Waals surface area contributed by atoms with Crippen molar-refractivity contribution >= 4 is 5.82 Å². The van der Waals surface area contributed by atoms with Gasteiger partial charge in [0, 0.05) is 18.8 Å². The second-order valence-corrected chi connectivity index (χ2v) is 2.97. The van der Waals surface area contributed by atoms with Gasteiger partial charge in [0.25, 0.3) is 0 Å². The molecular weight excluding hydrogens is 172 g/mol. The van der Waals surface area contributed by atoms with Gasteiger partial charge in [-0.25, -0.2) is 4.98 Å². The molecule has 1 N–H and O–H groups in total. The number of anilines is 1. The number of nitrogens with one attached hydrogen (secondary N) is 1. The van der Waals surface area contributed by atoms with Crippen molar-refractivity contribution in [1.29, 1.82) is 0 Å². The molecule has 0 bridgehead atoms. The van der Waals surface area contributed by atoms with Crippen molar-refractivity contribution in [2.45, 2.75) is 6.54 Å². The Bertz CT molecular complexity index is 331. The molecule has 1 radical (unpaired) electrons. The molecular formula is C12H11N2. The van der Waals surface area contributed by atoms with Crippen LogP contribution in [0.25, 0.3) is 0 Å². The van der Waals surface area contributed by atoms with Crippen LogP contribution >= 0.6 is 0 Å². The van der Waals surface area contributed by atoms with Crippen molar-refractivity contribution in [3.8, 4) is 0 Å². The molecule has 0 fully saturated rings. The third kappa shape index (κ3) is 2.33. The molecule has 0 aliphatic carbocycles. The van der Waals surface area contributed by atoms with Crippen LogP contribution in [0.2, 0.25) is 0 Å². The van der Waals surface area contributed by atoms with E-state index >= 15 is 0 Å². The van der Waals surface area contributed by atoms with Gasteiger partial charge in [-0.05, 0) is 17.7 Å². The molecule has 2 nitrogen and oxygen atoms in total. The fraction of sp³-hybridized carbons (Fsp3) is 0.0833. The first-order chi connectivity index (χ1) is 6.95. The third-order valence-corrected chi connectivity index (χ3v) is 1.91. The minimum Gasteiger partial charge on any atom is -0.365 e. The molecule has 1 aromatic heterocycles. The van der Waals surface area contributed by atoms with Gasteiger partial charge in [-0.1, -0.05) is 30.3 Å². The number of benzene rings is 1. The summed E-state index contributed by atoms with van der Waals surface area (Å²) in [6.07, 6.45) is 1.75. The van der Waals surface area contributed by atoms with Crippen LogP contribution in [0.4, 0.5) is 5.82 Å². The quantitative estimate of drug-likeness (QED) is 0.790. The summed E-state index contributed by atoms with van der Waals surface area (Å²) in [5.41, 5.74) is 1.24. The summed E-state index contributed by atoms with van der Waals surface area (Å²) in [4.78, 5) is 4.13. The molecule has 0 atom stereocenters. The second-order valence-electron chi connectivity index (χ2n) is 2.97. The summed E-state index contributed by atoms with van der Waals surface area (Å²) in [6, 6.07) is 16.9. The lowest BCUT2D eigenvalue weighted by atomic mass is 10.2. The van der Waals surface area contributed by atoms with Crippen LogP contribution in [0.5, 0.6) is 0 Å². The van der Waals surface area contributed by atoms with Gasteiger partial charge in [-0.15, -0.1) is 0 Å². The predicted molar refractivity (Wildman–Crippen MR) is 56.8 cm³/mol. The van der Waals surface area contributed by atoms with Crippen molar-refractivity contribution in [1.82, 2.24) is 4.98 Å². The summed E-state index contributed by atoms with van der Waals surface area (Å²) in [6.45, 7) is 0.786. The molecule has 2 rings (SSSR count). The van der Waals surface area contributed by atoms with E-state index in [1.165, 1.54) is 5.56 Å². The first-order valence-corrected chi connectivity index (χ1v) is 4.55. The van der Waals surface area contributed by atoms with Gasteiger partial charge in [-0.3, -0.25) is 0 Å². The maximum atomic E-state index is 4.13. The summed E-state index contributed by atoms with van der Waals surface area (Å²) < 4.78 is 0. The lowest BCUT2D eigenvalue weighted by Gasteiger charge is -2.03. The Balaban J connectivity index is 1.96. The van der Waals surface area contributed by atoms with Gasteiger partial charge in [0.15, 0.2) is 0 Å². The van der Waals surface area contributed by atoms with Gasteiger partial charge in [0.2, 0.25) is 0 Å². The van der Waals surface area contributed by atoms with Crippen molar-refractivity contribution in [3.63, 3.8) is 0 Å². The molecule has 0 saturated heterocycles. The van der Waals surface area contributed by atoms with E-state index in [0.717, 1.165) is 12.4 Å². The van der Waals surface area contributed by atoms with Gasteiger partial charge < -0.3 is 5.32 Å². The van der Waals surface area contributed by atoms with Crippen molar-refractivity contribution in [2.75, 3.05) is 5.32 Å². The maximum Gasteiger partial charge on any atom is 0.134 e. The Morgan fingerprint density at radius 3 is 2.71 bits per heavy atom. The first kappa shape index (κ1) is 8.75. The molecule has 0 unspecified atom stereocenters. The Morgan fingerprint density at radius 2 is 2.00 bits per heavy atom. The third-order valence-electron chi connectivity index (χ3n) is 1.91. The molecule has 2 aromatic rings. The highest BCUT2D eigenvalue weighted by Gasteiger charge is 1.92. The fourth-order valence-corrected chi connectivity index (χ4v) is 1.20. The van der Waals surface area contributed by atoms with Crippen LogP contribution in [0, 0.1) is 6.07 Å². The lowest BCUT2D eigenvalue weighted by molar-refractivity contribution is 1.11. The molecule has 14 heavy (non-hydrogen) atoms. The minimum atomic E-state index is 0.786. The zero-order valence-electron chi connectivity index (χ0n) is 7.77. The molecule has 0 saturated carbocycles. The minimum absolute atomic E-state index is 0.786.